The molecule has 1 N–H and O–H groups in total. The molecule has 1 aliphatic heterocycles. The summed E-state index contributed by atoms with van der Waals surface area (Å²) in [7, 11) is 0. The Hall–Kier alpha value is -1.32. The van der Waals surface area contributed by atoms with Crippen molar-refractivity contribution in [2.24, 2.45) is 0 Å². The van der Waals surface area contributed by atoms with Gasteiger partial charge in [-0.3, -0.25) is 4.79 Å². The molecule has 1 aromatic rings. The van der Waals surface area contributed by atoms with Crippen molar-refractivity contribution in [2.45, 2.75) is 62.8 Å². The zero-order valence-electron chi connectivity index (χ0n) is 14.6. The van der Waals surface area contributed by atoms with Crippen molar-refractivity contribution in [3.05, 3.63) is 39.9 Å². The summed E-state index contributed by atoms with van der Waals surface area (Å²) in [5.74, 6) is 0.0962. The lowest BCUT2D eigenvalue weighted by Gasteiger charge is -2.24. The van der Waals surface area contributed by atoms with Gasteiger partial charge in [0.1, 0.15) is 12.5 Å². The van der Waals surface area contributed by atoms with Gasteiger partial charge in [0.05, 0.1) is 0 Å². The van der Waals surface area contributed by atoms with E-state index in [1.165, 1.54) is 37.7 Å². The molecule has 2 fully saturated rings. The highest BCUT2D eigenvalue weighted by Crippen LogP contribution is 2.41. The van der Waals surface area contributed by atoms with Crippen LogP contribution >= 0.6 is 11.6 Å². The van der Waals surface area contributed by atoms with E-state index in [0.717, 1.165) is 35.5 Å². The van der Waals surface area contributed by atoms with Crippen LogP contribution in [0.1, 0.15) is 73.5 Å². The van der Waals surface area contributed by atoms with E-state index in [0.29, 0.717) is 18.6 Å². The maximum Gasteiger partial charge on any atom is 0.317 e. The first-order valence-electron chi connectivity index (χ1n) is 9.64. The summed E-state index contributed by atoms with van der Waals surface area (Å²) < 4.78 is 5.56. The smallest absolute Gasteiger partial charge is 0.317 e. The Morgan fingerprint density at radius 1 is 1.12 bits per heavy atom. The zero-order valence-corrected chi connectivity index (χ0v) is 15.4. The van der Waals surface area contributed by atoms with Crippen molar-refractivity contribution >= 4 is 23.6 Å². The molecular weight excluding hydrogens is 334 g/mol. The first kappa shape index (κ1) is 17.1. The first-order valence-corrected chi connectivity index (χ1v) is 10.0. The molecule has 4 heteroatoms. The summed E-state index contributed by atoms with van der Waals surface area (Å²) in [4.78, 5) is 12.5. The molecule has 0 spiro atoms. The summed E-state index contributed by atoms with van der Waals surface area (Å²) in [5, 5.41) is 4.17. The van der Waals surface area contributed by atoms with Crippen molar-refractivity contribution in [2.75, 3.05) is 13.2 Å². The fourth-order valence-electron chi connectivity index (χ4n) is 4.44. The highest BCUT2D eigenvalue weighted by atomic mass is 35.5. The van der Waals surface area contributed by atoms with E-state index in [1.807, 2.05) is 12.1 Å². The molecule has 134 valence electrons. The number of carbonyl (C=O) groups is 1. The van der Waals surface area contributed by atoms with E-state index in [4.69, 9.17) is 16.3 Å². The van der Waals surface area contributed by atoms with Crippen LogP contribution in [0.3, 0.4) is 0 Å². The van der Waals surface area contributed by atoms with Crippen LogP contribution in [0.25, 0.3) is 6.08 Å². The summed E-state index contributed by atoms with van der Waals surface area (Å²) >= 11 is 6.60. The van der Waals surface area contributed by atoms with Crippen LogP contribution in [-0.2, 0) is 9.53 Å². The molecule has 2 aliphatic carbocycles. The van der Waals surface area contributed by atoms with Gasteiger partial charge in [-0.05, 0) is 67.0 Å². The third-order valence-electron chi connectivity index (χ3n) is 5.89. The highest BCUT2D eigenvalue weighted by molar-refractivity contribution is 6.31. The van der Waals surface area contributed by atoms with Crippen LogP contribution in [0.15, 0.2) is 18.2 Å². The monoisotopic (exact) mass is 359 g/mol. The summed E-state index contributed by atoms with van der Waals surface area (Å²) in [5.41, 5.74) is 3.38. The van der Waals surface area contributed by atoms with Crippen LogP contribution in [0.5, 0.6) is 0 Å². The maximum absolute atomic E-state index is 12.5. The predicted octanol–water partition coefficient (Wildman–Crippen LogP) is 4.79. The Balaban J connectivity index is 1.47. The topological polar surface area (TPSA) is 38.3 Å². The minimum atomic E-state index is -0.311. The van der Waals surface area contributed by atoms with Gasteiger partial charge in [0.2, 0.25) is 0 Å². The molecule has 0 amide bonds. The fourth-order valence-corrected chi connectivity index (χ4v) is 4.77. The summed E-state index contributed by atoms with van der Waals surface area (Å²) in [6.45, 7) is 1.49. The standard InChI is InChI=1S/C21H26ClNO2/c22-20-12-18-15(11-19(20)14-5-2-1-3-6-14)8-9-17(18)21(24)25-13-16-7-4-10-23-16/h8-9,11-12,14,16-17,23H,1-7,10,13H2. The normalized spacial score (nSPS) is 26.0. The average molecular weight is 360 g/mol. The maximum atomic E-state index is 12.5. The van der Waals surface area contributed by atoms with E-state index in [9.17, 15) is 4.79 Å². The molecule has 3 nitrogen and oxygen atoms in total. The Morgan fingerprint density at radius 3 is 2.72 bits per heavy atom. The quantitative estimate of drug-likeness (QED) is 0.785. The number of carbonyl (C=O) groups excluding carboxylic acids is 1. The molecule has 0 aromatic heterocycles. The van der Waals surface area contributed by atoms with Crippen LogP contribution in [0.4, 0.5) is 0 Å². The van der Waals surface area contributed by atoms with Crippen molar-refractivity contribution in [3.63, 3.8) is 0 Å². The Kier molecular flexibility index (Phi) is 5.14. The predicted molar refractivity (Wildman–Crippen MR) is 101 cm³/mol. The van der Waals surface area contributed by atoms with Crippen molar-refractivity contribution in [1.29, 1.82) is 0 Å². The number of ether oxygens (including phenoxy) is 1. The largest absolute Gasteiger partial charge is 0.463 e. The van der Waals surface area contributed by atoms with Crippen molar-refractivity contribution < 1.29 is 9.53 Å². The van der Waals surface area contributed by atoms with Gasteiger partial charge in [0.15, 0.2) is 0 Å². The molecule has 25 heavy (non-hydrogen) atoms. The molecule has 1 saturated heterocycles. The second kappa shape index (κ2) is 7.51. The number of halogens is 1. The van der Waals surface area contributed by atoms with Crippen molar-refractivity contribution in [1.82, 2.24) is 5.32 Å². The van der Waals surface area contributed by atoms with E-state index in [-0.39, 0.29) is 11.9 Å². The van der Waals surface area contributed by atoms with E-state index in [1.54, 1.807) is 0 Å². The van der Waals surface area contributed by atoms with Gasteiger partial charge in [-0.15, -0.1) is 0 Å². The molecule has 0 bridgehead atoms. The second-order valence-electron chi connectivity index (χ2n) is 7.60. The summed E-state index contributed by atoms with van der Waals surface area (Å²) in [6.07, 6.45) is 12.6. The number of rotatable bonds is 4. The van der Waals surface area contributed by atoms with Crippen LogP contribution in [0, 0.1) is 0 Å². The lowest BCUT2D eigenvalue weighted by molar-refractivity contribution is -0.144. The Labute approximate surface area is 154 Å². The van der Waals surface area contributed by atoms with E-state index in [2.05, 4.69) is 17.5 Å². The van der Waals surface area contributed by atoms with Gasteiger partial charge >= 0.3 is 5.97 Å². The second-order valence-corrected chi connectivity index (χ2v) is 8.00. The van der Waals surface area contributed by atoms with Gasteiger partial charge in [-0.2, -0.15) is 0 Å². The van der Waals surface area contributed by atoms with Crippen LogP contribution in [0.2, 0.25) is 5.02 Å². The molecule has 1 saturated carbocycles. The van der Waals surface area contributed by atoms with Gasteiger partial charge < -0.3 is 10.1 Å². The SMILES string of the molecule is O=C(OCC1CCCN1)C1C=Cc2cc(C3CCCCC3)c(Cl)cc21. The van der Waals surface area contributed by atoms with E-state index < -0.39 is 0 Å². The number of fused-ring (bicyclic) bond motifs is 1. The zero-order chi connectivity index (χ0) is 17.2. The third kappa shape index (κ3) is 3.63. The highest BCUT2D eigenvalue weighted by Gasteiger charge is 2.29. The van der Waals surface area contributed by atoms with Gasteiger partial charge in [-0.1, -0.05) is 43.0 Å². The van der Waals surface area contributed by atoms with E-state index >= 15 is 0 Å². The Bertz CT molecular complexity index is 673. The number of nitrogens with one attached hydrogen (secondary N) is 1. The van der Waals surface area contributed by atoms with Gasteiger partial charge in [0, 0.05) is 11.1 Å². The van der Waals surface area contributed by atoms with Crippen molar-refractivity contribution in [3.8, 4) is 0 Å². The molecule has 1 heterocycles. The lowest BCUT2D eigenvalue weighted by Crippen LogP contribution is -2.29. The van der Waals surface area contributed by atoms with Crippen LogP contribution < -0.4 is 5.32 Å². The van der Waals surface area contributed by atoms with Gasteiger partial charge in [0.25, 0.3) is 0 Å². The third-order valence-corrected chi connectivity index (χ3v) is 6.22. The number of benzene rings is 1. The number of hydrogen-bond donors (Lipinski definition) is 1. The first-order chi connectivity index (χ1) is 12.2. The molecular formula is C21H26ClNO2. The average Bonchev–Trinajstić information content (AvgIpc) is 3.29. The molecule has 3 aliphatic rings. The number of esters is 1. The van der Waals surface area contributed by atoms with Crippen LogP contribution in [-0.4, -0.2) is 25.2 Å². The molecule has 1 aromatic carbocycles. The number of hydrogen-bond acceptors (Lipinski definition) is 3. The lowest BCUT2D eigenvalue weighted by atomic mass is 9.83. The minimum absolute atomic E-state index is 0.162. The molecule has 2 atom stereocenters. The molecule has 2 unspecified atom stereocenters. The van der Waals surface area contributed by atoms with Gasteiger partial charge in [-0.25, -0.2) is 0 Å². The minimum Gasteiger partial charge on any atom is -0.463 e. The summed E-state index contributed by atoms with van der Waals surface area (Å²) in [6, 6.07) is 4.52. The Morgan fingerprint density at radius 2 is 1.96 bits per heavy atom. The fraction of sp³-hybridized carbons (Fsp3) is 0.571. The molecule has 0 radical (unpaired) electrons. The molecule has 4 rings (SSSR count).